The Morgan fingerprint density at radius 1 is 1.15 bits per heavy atom. The predicted molar refractivity (Wildman–Crippen MR) is 79.5 cm³/mol. The van der Waals surface area contributed by atoms with Crippen LogP contribution in [0.2, 0.25) is 0 Å². The summed E-state index contributed by atoms with van der Waals surface area (Å²) in [6.07, 6.45) is 0.237. The Kier molecular flexibility index (Phi) is 4.38. The molecule has 0 fully saturated rings. The number of phenolic OH excluding ortho intramolecular Hbond substituents is 1. The molecule has 2 aromatic rings. The van der Waals surface area contributed by atoms with E-state index in [0.29, 0.717) is 12.2 Å². The summed E-state index contributed by atoms with van der Waals surface area (Å²) in [4.78, 5) is 12.1. The van der Waals surface area contributed by atoms with Crippen molar-refractivity contribution < 1.29 is 9.90 Å². The third-order valence-electron chi connectivity index (χ3n) is 3.20. The highest BCUT2D eigenvalue weighted by atomic mass is 16.3. The first-order chi connectivity index (χ1) is 9.61. The molecule has 0 aromatic heterocycles. The molecule has 0 atom stereocenters. The van der Waals surface area contributed by atoms with E-state index in [4.69, 9.17) is 5.73 Å². The van der Waals surface area contributed by atoms with E-state index >= 15 is 0 Å². The van der Waals surface area contributed by atoms with Gasteiger partial charge < -0.3 is 16.2 Å². The molecular formula is C16H18N2O2. The number of phenols is 1. The Hall–Kier alpha value is -2.33. The molecule has 2 aromatic carbocycles. The van der Waals surface area contributed by atoms with Gasteiger partial charge in [-0.2, -0.15) is 0 Å². The minimum Gasteiger partial charge on any atom is -0.505 e. The van der Waals surface area contributed by atoms with Gasteiger partial charge in [0.25, 0.3) is 0 Å². The SMILES string of the molecule is Cc1cccc(NC(=O)Cc2ccccc2CN)c1O. The van der Waals surface area contributed by atoms with E-state index in [1.54, 1.807) is 25.1 Å². The number of nitrogens with two attached hydrogens (primary N) is 1. The van der Waals surface area contributed by atoms with E-state index in [9.17, 15) is 9.90 Å². The quantitative estimate of drug-likeness (QED) is 0.746. The summed E-state index contributed by atoms with van der Waals surface area (Å²) in [6.45, 7) is 2.19. The molecule has 0 aliphatic carbocycles. The molecular weight excluding hydrogens is 252 g/mol. The number of nitrogens with one attached hydrogen (secondary N) is 1. The van der Waals surface area contributed by atoms with Gasteiger partial charge in [0.05, 0.1) is 12.1 Å². The van der Waals surface area contributed by atoms with E-state index in [2.05, 4.69) is 5.32 Å². The summed E-state index contributed by atoms with van der Waals surface area (Å²) in [7, 11) is 0. The number of aryl methyl sites for hydroxylation is 1. The Balaban J connectivity index is 2.11. The molecule has 0 heterocycles. The number of benzene rings is 2. The molecule has 4 nitrogen and oxygen atoms in total. The number of rotatable bonds is 4. The van der Waals surface area contributed by atoms with Crippen LogP contribution in [0.3, 0.4) is 0 Å². The summed E-state index contributed by atoms with van der Waals surface area (Å²) < 4.78 is 0. The third-order valence-corrected chi connectivity index (χ3v) is 3.20. The number of carbonyl (C=O) groups is 1. The minimum absolute atomic E-state index is 0.105. The average molecular weight is 270 g/mol. The van der Waals surface area contributed by atoms with E-state index < -0.39 is 0 Å². The maximum absolute atomic E-state index is 12.1. The second-order valence-electron chi connectivity index (χ2n) is 4.67. The van der Waals surface area contributed by atoms with Crippen molar-refractivity contribution in [2.45, 2.75) is 19.9 Å². The fourth-order valence-electron chi connectivity index (χ4n) is 2.06. The minimum atomic E-state index is -0.174. The van der Waals surface area contributed by atoms with Crippen molar-refractivity contribution in [2.24, 2.45) is 5.73 Å². The molecule has 104 valence electrons. The first-order valence-electron chi connectivity index (χ1n) is 6.47. The third kappa shape index (κ3) is 3.16. The Labute approximate surface area is 118 Å². The molecule has 0 spiro atoms. The van der Waals surface area contributed by atoms with Crippen LogP contribution in [0.1, 0.15) is 16.7 Å². The standard InChI is InChI=1S/C16H18N2O2/c1-11-5-4-8-14(16(11)20)18-15(19)9-12-6-2-3-7-13(12)10-17/h2-8,20H,9-10,17H2,1H3,(H,18,19). The van der Waals surface area contributed by atoms with Gasteiger partial charge in [-0.25, -0.2) is 0 Å². The maximum atomic E-state index is 12.1. The van der Waals surface area contributed by atoms with Crippen LogP contribution in [0, 0.1) is 6.92 Å². The lowest BCUT2D eigenvalue weighted by Gasteiger charge is -2.10. The van der Waals surface area contributed by atoms with Crippen LogP contribution >= 0.6 is 0 Å². The van der Waals surface area contributed by atoms with Crippen LogP contribution in [-0.4, -0.2) is 11.0 Å². The molecule has 0 unspecified atom stereocenters. The van der Waals surface area contributed by atoms with Gasteiger partial charge in [-0.3, -0.25) is 4.79 Å². The van der Waals surface area contributed by atoms with Gasteiger partial charge in [0.2, 0.25) is 5.91 Å². The highest BCUT2D eigenvalue weighted by Crippen LogP contribution is 2.26. The summed E-state index contributed by atoms with van der Waals surface area (Å²) in [5.74, 6) is -0.0697. The highest BCUT2D eigenvalue weighted by Gasteiger charge is 2.10. The van der Waals surface area contributed by atoms with Crippen LogP contribution < -0.4 is 11.1 Å². The number of amides is 1. The summed E-state index contributed by atoms with van der Waals surface area (Å²) in [5.41, 5.74) is 8.67. The zero-order chi connectivity index (χ0) is 14.5. The van der Waals surface area contributed by atoms with Gasteiger partial charge in [0, 0.05) is 6.54 Å². The molecule has 0 bridgehead atoms. The largest absolute Gasteiger partial charge is 0.505 e. The average Bonchev–Trinajstić information content (AvgIpc) is 2.44. The lowest BCUT2D eigenvalue weighted by atomic mass is 10.0. The molecule has 0 saturated heterocycles. The Morgan fingerprint density at radius 3 is 2.55 bits per heavy atom. The molecule has 0 aliphatic rings. The Morgan fingerprint density at radius 2 is 1.85 bits per heavy atom. The molecule has 4 heteroatoms. The smallest absolute Gasteiger partial charge is 0.228 e. The molecule has 2 rings (SSSR count). The molecule has 0 radical (unpaired) electrons. The topological polar surface area (TPSA) is 75.4 Å². The fraction of sp³-hybridized carbons (Fsp3) is 0.188. The number of hydrogen-bond donors (Lipinski definition) is 3. The van der Waals surface area contributed by atoms with E-state index in [-0.39, 0.29) is 18.1 Å². The van der Waals surface area contributed by atoms with Gasteiger partial charge in [0.1, 0.15) is 5.75 Å². The summed E-state index contributed by atoms with van der Waals surface area (Å²) >= 11 is 0. The number of hydrogen-bond acceptors (Lipinski definition) is 3. The van der Waals surface area contributed by atoms with Crippen LogP contribution in [0.4, 0.5) is 5.69 Å². The van der Waals surface area contributed by atoms with Crippen molar-refractivity contribution >= 4 is 11.6 Å². The number of anilines is 1. The molecule has 0 saturated carbocycles. The van der Waals surface area contributed by atoms with Crippen molar-refractivity contribution in [2.75, 3.05) is 5.32 Å². The van der Waals surface area contributed by atoms with Crippen molar-refractivity contribution in [3.63, 3.8) is 0 Å². The van der Waals surface area contributed by atoms with Gasteiger partial charge in [-0.1, -0.05) is 36.4 Å². The fourth-order valence-corrected chi connectivity index (χ4v) is 2.06. The summed E-state index contributed by atoms with van der Waals surface area (Å²) in [5, 5.41) is 12.6. The second kappa shape index (κ2) is 6.21. The van der Waals surface area contributed by atoms with Gasteiger partial charge >= 0.3 is 0 Å². The van der Waals surface area contributed by atoms with Gasteiger partial charge in [-0.05, 0) is 29.7 Å². The normalized spacial score (nSPS) is 10.3. The van der Waals surface area contributed by atoms with Gasteiger partial charge in [-0.15, -0.1) is 0 Å². The van der Waals surface area contributed by atoms with Gasteiger partial charge in [0.15, 0.2) is 0 Å². The van der Waals surface area contributed by atoms with Crippen molar-refractivity contribution in [3.8, 4) is 5.75 Å². The Bertz CT molecular complexity index is 624. The summed E-state index contributed by atoms with van der Waals surface area (Å²) in [6, 6.07) is 12.8. The number of carbonyl (C=O) groups excluding carboxylic acids is 1. The van der Waals surface area contributed by atoms with E-state index in [0.717, 1.165) is 16.7 Å². The number of aromatic hydroxyl groups is 1. The lowest BCUT2D eigenvalue weighted by Crippen LogP contribution is -2.16. The monoisotopic (exact) mass is 270 g/mol. The lowest BCUT2D eigenvalue weighted by molar-refractivity contribution is -0.115. The van der Waals surface area contributed by atoms with Crippen LogP contribution in [0.15, 0.2) is 42.5 Å². The maximum Gasteiger partial charge on any atom is 0.228 e. The predicted octanol–water partition coefficient (Wildman–Crippen LogP) is 2.34. The highest BCUT2D eigenvalue weighted by molar-refractivity contribution is 5.94. The van der Waals surface area contributed by atoms with E-state index in [1.807, 2.05) is 24.3 Å². The van der Waals surface area contributed by atoms with Crippen LogP contribution in [-0.2, 0) is 17.8 Å². The molecule has 1 amide bonds. The van der Waals surface area contributed by atoms with Crippen molar-refractivity contribution in [3.05, 3.63) is 59.2 Å². The first kappa shape index (κ1) is 14.1. The molecule has 4 N–H and O–H groups in total. The number of para-hydroxylation sites is 1. The van der Waals surface area contributed by atoms with Crippen LogP contribution in [0.25, 0.3) is 0 Å². The zero-order valence-corrected chi connectivity index (χ0v) is 11.4. The van der Waals surface area contributed by atoms with Crippen molar-refractivity contribution in [1.82, 2.24) is 0 Å². The molecule has 0 aliphatic heterocycles. The first-order valence-corrected chi connectivity index (χ1v) is 6.47. The van der Waals surface area contributed by atoms with E-state index in [1.165, 1.54) is 0 Å². The van der Waals surface area contributed by atoms with Crippen LogP contribution in [0.5, 0.6) is 5.75 Å². The zero-order valence-electron chi connectivity index (χ0n) is 11.4. The van der Waals surface area contributed by atoms with Crippen molar-refractivity contribution in [1.29, 1.82) is 0 Å². The molecule has 20 heavy (non-hydrogen) atoms. The second-order valence-corrected chi connectivity index (χ2v) is 4.67.